The van der Waals surface area contributed by atoms with Crippen molar-refractivity contribution in [3.8, 4) is 22.5 Å². The maximum Gasteiger partial charge on any atom is 0.216 e. The van der Waals surface area contributed by atoms with Gasteiger partial charge >= 0.3 is 0 Å². The molecule has 4 heterocycles. The number of aromatic nitrogens is 3. The first-order chi connectivity index (χ1) is 25.7. The summed E-state index contributed by atoms with van der Waals surface area (Å²) < 4.78 is 54.9. The third-order valence-corrected chi connectivity index (χ3v) is 10.2. The molecule has 0 N–H and O–H groups in total. The van der Waals surface area contributed by atoms with E-state index < -0.39 is 32.6 Å². The third kappa shape index (κ3) is 8.55. The Morgan fingerprint density at radius 2 is 1.66 bits per heavy atom. The Labute approximate surface area is 320 Å². The number of benzene rings is 3. The average molecular weight is 858 g/mol. The molecule has 4 aromatic heterocycles. The molecule has 4 nitrogen and oxygen atoms in total. The Kier molecular flexibility index (Phi) is 9.05. The minimum absolute atomic E-state index is 0. The second kappa shape index (κ2) is 15.3. The molecule has 257 valence electrons. The summed E-state index contributed by atoms with van der Waals surface area (Å²) in [5, 5.41) is 2.72. The van der Waals surface area contributed by atoms with Gasteiger partial charge in [0.1, 0.15) is 0 Å². The van der Waals surface area contributed by atoms with Crippen molar-refractivity contribution in [3.63, 3.8) is 0 Å². The molecule has 7 aromatic rings. The number of hydrogen-bond donors (Lipinski definition) is 0. The summed E-state index contributed by atoms with van der Waals surface area (Å²) >= 11 is 0. The minimum atomic E-state index is -2.32. The van der Waals surface area contributed by atoms with Crippen molar-refractivity contribution < 1.29 is 32.7 Å². The molecule has 0 saturated carbocycles. The van der Waals surface area contributed by atoms with Crippen LogP contribution in [0.15, 0.2) is 114 Å². The molecule has 0 aliphatic heterocycles. The van der Waals surface area contributed by atoms with Crippen LogP contribution in [-0.4, -0.2) is 23.0 Å². The van der Waals surface area contributed by atoms with Crippen molar-refractivity contribution in [3.05, 3.63) is 144 Å². The van der Waals surface area contributed by atoms with E-state index in [-0.39, 0.29) is 31.5 Å². The van der Waals surface area contributed by atoms with E-state index in [9.17, 15) is 1.37 Å². The number of rotatable bonds is 6. The molecule has 6 heteroatoms. The third-order valence-electron chi connectivity index (χ3n) is 8.14. The zero-order valence-electron chi connectivity index (χ0n) is 35.5. The van der Waals surface area contributed by atoms with E-state index in [1.165, 1.54) is 11.3 Å². The van der Waals surface area contributed by atoms with Crippen LogP contribution in [0.5, 0.6) is 0 Å². The van der Waals surface area contributed by atoms with E-state index in [1.54, 1.807) is 30.5 Å². The van der Waals surface area contributed by atoms with Crippen LogP contribution < -0.4 is 5.19 Å². The van der Waals surface area contributed by atoms with Crippen LogP contribution >= 0.6 is 0 Å². The molecule has 0 saturated heterocycles. The second-order valence-corrected chi connectivity index (χ2v) is 19.2. The number of pyridine rings is 3. The van der Waals surface area contributed by atoms with Crippen LogP contribution in [0.2, 0.25) is 19.6 Å². The summed E-state index contributed by atoms with van der Waals surface area (Å²) in [5.74, 6) is -0.816. The van der Waals surface area contributed by atoms with E-state index in [0.29, 0.717) is 27.8 Å². The number of fused-ring (bicyclic) bond motifs is 3. The molecule has 1 radical (unpaired) electrons. The van der Waals surface area contributed by atoms with Crippen molar-refractivity contribution in [1.82, 2.24) is 15.0 Å². The smallest absolute Gasteiger partial charge is 0.216 e. The molecule has 0 amide bonds. The van der Waals surface area contributed by atoms with Gasteiger partial charge < -0.3 is 14.4 Å². The van der Waals surface area contributed by atoms with Crippen molar-refractivity contribution >= 4 is 35.3 Å². The summed E-state index contributed by atoms with van der Waals surface area (Å²) in [6.45, 7) is 12.2. The first-order valence-electron chi connectivity index (χ1n) is 19.4. The molecule has 0 bridgehead atoms. The van der Waals surface area contributed by atoms with E-state index in [4.69, 9.17) is 16.3 Å². The quantitative estimate of drug-likeness (QED) is 0.123. The molecular weight excluding hydrogens is 807 g/mol. The second-order valence-electron chi connectivity index (χ2n) is 14.2. The maximum atomic E-state index is 9.17. The van der Waals surface area contributed by atoms with Crippen molar-refractivity contribution in [1.29, 1.82) is 0 Å². The van der Waals surface area contributed by atoms with Gasteiger partial charge in [0.05, 0.1) is 13.7 Å². The summed E-state index contributed by atoms with van der Waals surface area (Å²) in [6, 6.07) is 36.6. The summed E-state index contributed by atoms with van der Waals surface area (Å²) in [5.41, 5.74) is 5.63. The minimum Gasteiger partial charge on any atom is -0.486 e. The molecule has 50 heavy (non-hydrogen) atoms. The normalized spacial score (nSPS) is 15.2. The molecule has 7 rings (SSSR count). The van der Waals surface area contributed by atoms with Crippen LogP contribution in [0.25, 0.3) is 44.6 Å². The van der Waals surface area contributed by atoms with Gasteiger partial charge in [-0.15, -0.1) is 54.1 Å². The maximum absolute atomic E-state index is 9.17. The fourth-order valence-electron chi connectivity index (χ4n) is 5.80. The summed E-state index contributed by atoms with van der Waals surface area (Å²) in [6.07, 6.45) is 2.00. The van der Waals surface area contributed by atoms with Gasteiger partial charge in [-0.3, -0.25) is 0 Å². The van der Waals surface area contributed by atoms with E-state index in [0.717, 1.165) is 27.8 Å². The molecule has 1 unspecified atom stereocenters. The molecule has 3 aromatic carbocycles. The fourth-order valence-corrected chi connectivity index (χ4v) is 7.32. The monoisotopic (exact) mass is 858 g/mol. The topological polar surface area (TPSA) is 51.8 Å². The average Bonchev–Trinajstić information content (AvgIpc) is 3.53. The van der Waals surface area contributed by atoms with E-state index in [2.05, 4.69) is 47.8 Å². The van der Waals surface area contributed by atoms with Crippen LogP contribution in [0.4, 0.5) is 0 Å². The van der Waals surface area contributed by atoms with E-state index in [1.807, 2.05) is 94.6 Å². The molecular formula is C44H45IrN3OSi-2. The molecule has 0 aliphatic carbocycles. The Morgan fingerprint density at radius 1 is 0.880 bits per heavy atom. The number of aryl methyl sites for hydroxylation is 1. The summed E-state index contributed by atoms with van der Waals surface area (Å²) in [7, 11) is -1.64. The van der Waals surface area contributed by atoms with Gasteiger partial charge in [0.2, 0.25) is 5.71 Å². The van der Waals surface area contributed by atoms with Gasteiger partial charge in [-0.2, -0.15) is 0 Å². The Hall–Kier alpha value is -4.22. The number of furan rings is 1. The molecule has 0 fully saturated rings. The van der Waals surface area contributed by atoms with Gasteiger partial charge in [-0.25, -0.2) is 4.98 Å². The molecule has 0 aliphatic rings. The van der Waals surface area contributed by atoms with Crippen molar-refractivity contribution in [2.75, 3.05) is 0 Å². The van der Waals surface area contributed by atoms with Gasteiger partial charge in [-0.1, -0.05) is 106 Å². The SMILES string of the molecule is [2H]C(C)(c1ccccc1)c1cc(-c2[c-]cccc2)ncc1[Si](C)(C)C.[2H]C([2H])([2H])c1ccc2c(n1)oc1c(-c3cc(C([2H])([2H])C(C)(C)C)ccn3)[c-]ccc12.[Ir]. The van der Waals surface area contributed by atoms with Crippen molar-refractivity contribution in [2.24, 2.45) is 5.41 Å². The zero-order chi connectivity index (χ0) is 40.0. The molecule has 0 spiro atoms. The van der Waals surface area contributed by atoms with Gasteiger partial charge in [0.15, 0.2) is 0 Å². The number of hydrogen-bond acceptors (Lipinski definition) is 4. The van der Waals surface area contributed by atoms with Crippen LogP contribution in [-0.2, 0) is 26.5 Å². The van der Waals surface area contributed by atoms with E-state index >= 15 is 0 Å². The first kappa shape index (κ1) is 29.5. The zero-order valence-corrected chi connectivity index (χ0v) is 32.9. The van der Waals surface area contributed by atoms with Crippen LogP contribution in [0, 0.1) is 24.4 Å². The summed E-state index contributed by atoms with van der Waals surface area (Å²) in [4.78, 5) is 13.3. The largest absolute Gasteiger partial charge is 0.486 e. The molecule has 1 atom stereocenters. The predicted molar refractivity (Wildman–Crippen MR) is 207 cm³/mol. The van der Waals surface area contributed by atoms with Crippen molar-refractivity contribution in [2.45, 2.75) is 66.5 Å². The standard InChI is InChI=1S/C22H21N2O.C22H24NSi.Ir/c1-14-8-9-17-16-6-5-7-18(20(16)25-21(17)24-14)19-12-15(10-11-23-19)13-22(2,3)4;1-17(18-11-7-5-8-12-18)20-15-21(19-13-9-6-10-14-19)23-16-22(20)24(2,3)4;/h5-6,8-12H,13H2,1-4H3;5-13,15-17H,1-4H3;/q2*-1;/i1D3,13D2;17D;. The van der Waals surface area contributed by atoms with Gasteiger partial charge in [-0.05, 0) is 64.5 Å². The van der Waals surface area contributed by atoms with Crippen LogP contribution in [0.1, 0.15) is 64.2 Å². The Balaban J connectivity index is 0.000000214. The van der Waals surface area contributed by atoms with Crippen LogP contribution in [0.3, 0.4) is 0 Å². The first-order valence-corrected chi connectivity index (χ1v) is 19.9. The predicted octanol–water partition coefficient (Wildman–Crippen LogP) is 11.0. The Bertz CT molecular complexity index is 2460. The Morgan fingerprint density at radius 3 is 2.36 bits per heavy atom. The fraction of sp³-hybridized carbons (Fsp3) is 0.250. The van der Waals surface area contributed by atoms with Gasteiger partial charge in [0.25, 0.3) is 0 Å². The van der Waals surface area contributed by atoms with Gasteiger partial charge in [0, 0.05) is 57.7 Å². The number of nitrogens with zero attached hydrogens (tertiary/aromatic N) is 3.